The van der Waals surface area contributed by atoms with Crippen LogP contribution in [0.1, 0.15) is 11.3 Å². The molecule has 1 heterocycles. The number of rotatable bonds is 5. The number of aryl methyl sites for hydroxylation is 2. The average molecular weight is 260 g/mol. The monoisotopic (exact) mass is 260 g/mol. The summed E-state index contributed by atoms with van der Waals surface area (Å²) in [5.41, 5.74) is 2.93. The summed E-state index contributed by atoms with van der Waals surface area (Å²) >= 11 is 0. The molecular weight excluding hydrogens is 244 g/mol. The second kappa shape index (κ2) is 5.51. The van der Waals surface area contributed by atoms with Crippen molar-refractivity contribution >= 4 is 11.4 Å². The molecule has 1 N–H and O–H groups in total. The van der Waals surface area contributed by atoms with Gasteiger partial charge in [0.15, 0.2) is 0 Å². The van der Waals surface area contributed by atoms with Crippen molar-refractivity contribution in [2.24, 2.45) is 7.05 Å². The van der Waals surface area contributed by atoms with Crippen LogP contribution in [0.15, 0.2) is 30.5 Å². The van der Waals surface area contributed by atoms with E-state index in [1.54, 1.807) is 16.8 Å². The van der Waals surface area contributed by atoms with Crippen molar-refractivity contribution in [3.63, 3.8) is 0 Å². The van der Waals surface area contributed by atoms with Crippen molar-refractivity contribution in [3.05, 3.63) is 51.8 Å². The standard InChI is InChI=1S/C13H16N4O2/c1-10-9-12(17(18)19)3-4-13(10)14-7-5-11-6-8-16(2)15-11/h3-4,6,8-9,14H,5,7H2,1-2H3. The number of hydrogen-bond donors (Lipinski definition) is 1. The smallest absolute Gasteiger partial charge is 0.269 e. The van der Waals surface area contributed by atoms with Gasteiger partial charge in [0, 0.05) is 44.0 Å². The Morgan fingerprint density at radius 2 is 2.21 bits per heavy atom. The Balaban J connectivity index is 1.94. The third-order valence-electron chi connectivity index (χ3n) is 2.89. The Labute approximate surface area is 111 Å². The van der Waals surface area contributed by atoms with Crippen LogP contribution < -0.4 is 5.32 Å². The Morgan fingerprint density at radius 1 is 1.42 bits per heavy atom. The van der Waals surface area contributed by atoms with E-state index in [0.717, 1.165) is 29.9 Å². The molecular formula is C13H16N4O2. The topological polar surface area (TPSA) is 73.0 Å². The Hall–Kier alpha value is -2.37. The Kier molecular flexibility index (Phi) is 3.79. The highest BCUT2D eigenvalue weighted by molar-refractivity contribution is 5.55. The van der Waals surface area contributed by atoms with Crippen LogP contribution in [-0.4, -0.2) is 21.2 Å². The number of nitro groups is 1. The van der Waals surface area contributed by atoms with Gasteiger partial charge in [-0.2, -0.15) is 5.10 Å². The van der Waals surface area contributed by atoms with Crippen LogP contribution in [0.3, 0.4) is 0 Å². The Bertz CT molecular complexity index is 592. The summed E-state index contributed by atoms with van der Waals surface area (Å²) < 4.78 is 1.77. The molecule has 0 radical (unpaired) electrons. The molecule has 0 spiro atoms. The summed E-state index contributed by atoms with van der Waals surface area (Å²) in [5.74, 6) is 0. The van der Waals surface area contributed by atoms with Gasteiger partial charge in [-0.1, -0.05) is 0 Å². The third-order valence-corrected chi connectivity index (χ3v) is 2.89. The van der Waals surface area contributed by atoms with Gasteiger partial charge in [0.1, 0.15) is 0 Å². The van der Waals surface area contributed by atoms with E-state index in [1.165, 1.54) is 6.07 Å². The average Bonchev–Trinajstić information content (AvgIpc) is 2.77. The molecule has 1 aromatic carbocycles. The number of nitro benzene ring substituents is 1. The maximum absolute atomic E-state index is 10.6. The molecule has 0 aliphatic heterocycles. The lowest BCUT2D eigenvalue weighted by Gasteiger charge is -2.08. The second-order valence-electron chi connectivity index (χ2n) is 4.41. The predicted molar refractivity (Wildman–Crippen MR) is 73.2 cm³/mol. The molecule has 0 aliphatic rings. The second-order valence-corrected chi connectivity index (χ2v) is 4.41. The molecule has 0 saturated heterocycles. The quantitative estimate of drug-likeness (QED) is 0.661. The SMILES string of the molecule is Cc1cc([N+](=O)[O-])ccc1NCCc1ccn(C)n1. The third kappa shape index (κ3) is 3.31. The van der Waals surface area contributed by atoms with Crippen molar-refractivity contribution in [1.82, 2.24) is 9.78 Å². The van der Waals surface area contributed by atoms with Gasteiger partial charge in [0.2, 0.25) is 0 Å². The summed E-state index contributed by atoms with van der Waals surface area (Å²) in [6, 6.07) is 6.80. The Morgan fingerprint density at radius 3 is 2.79 bits per heavy atom. The van der Waals surface area contributed by atoms with Crippen LogP contribution in [0, 0.1) is 17.0 Å². The highest BCUT2D eigenvalue weighted by Crippen LogP contribution is 2.20. The highest BCUT2D eigenvalue weighted by atomic mass is 16.6. The van der Waals surface area contributed by atoms with Crippen molar-refractivity contribution in [1.29, 1.82) is 0 Å². The normalized spacial score (nSPS) is 10.4. The van der Waals surface area contributed by atoms with E-state index in [9.17, 15) is 10.1 Å². The van der Waals surface area contributed by atoms with Crippen LogP contribution in [0.2, 0.25) is 0 Å². The first-order valence-electron chi connectivity index (χ1n) is 6.03. The molecule has 0 atom stereocenters. The van der Waals surface area contributed by atoms with Gasteiger partial charge < -0.3 is 5.32 Å². The largest absolute Gasteiger partial charge is 0.384 e. The van der Waals surface area contributed by atoms with Crippen LogP contribution in [0.25, 0.3) is 0 Å². The zero-order valence-electron chi connectivity index (χ0n) is 11.0. The van der Waals surface area contributed by atoms with Crippen LogP contribution >= 0.6 is 0 Å². The number of nitrogens with zero attached hydrogens (tertiary/aromatic N) is 3. The number of nitrogens with one attached hydrogen (secondary N) is 1. The van der Waals surface area contributed by atoms with Gasteiger partial charge in [0.25, 0.3) is 5.69 Å². The zero-order valence-corrected chi connectivity index (χ0v) is 11.0. The fraction of sp³-hybridized carbons (Fsp3) is 0.308. The lowest BCUT2D eigenvalue weighted by molar-refractivity contribution is -0.384. The molecule has 6 nitrogen and oxygen atoms in total. The summed E-state index contributed by atoms with van der Waals surface area (Å²) in [5, 5.41) is 18.2. The molecule has 2 rings (SSSR count). The minimum atomic E-state index is -0.384. The van der Waals surface area contributed by atoms with Gasteiger partial charge in [0.05, 0.1) is 10.6 Å². The maximum atomic E-state index is 10.6. The number of non-ortho nitro benzene ring substituents is 1. The molecule has 0 aliphatic carbocycles. The van der Waals surface area contributed by atoms with Gasteiger partial charge in [-0.25, -0.2) is 0 Å². The molecule has 0 amide bonds. The number of hydrogen-bond acceptors (Lipinski definition) is 4. The van der Waals surface area contributed by atoms with Gasteiger partial charge in [-0.3, -0.25) is 14.8 Å². The summed E-state index contributed by atoms with van der Waals surface area (Å²) in [4.78, 5) is 10.3. The fourth-order valence-corrected chi connectivity index (χ4v) is 1.88. The van der Waals surface area contributed by atoms with Gasteiger partial charge in [-0.05, 0) is 24.6 Å². The van der Waals surface area contributed by atoms with E-state index >= 15 is 0 Å². The molecule has 1 aromatic heterocycles. The molecule has 0 unspecified atom stereocenters. The number of anilines is 1. The molecule has 0 fully saturated rings. The zero-order chi connectivity index (χ0) is 13.8. The first kappa shape index (κ1) is 13.1. The van der Waals surface area contributed by atoms with Crippen molar-refractivity contribution in [3.8, 4) is 0 Å². The summed E-state index contributed by atoms with van der Waals surface area (Å²) in [6.45, 7) is 2.60. The first-order valence-corrected chi connectivity index (χ1v) is 6.03. The van der Waals surface area contributed by atoms with Crippen molar-refractivity contribution < 1.29 is 4.92 Å². The van der Waals surface area contributed by atoms with Gasteiger partial charge in [-0.15, -0.1) is 0 Å². The fourth-order valence-electron chi connectivity index (χ4n) is 1.88. The first-order chi connectivity index (χ1) is 9.06. The van der Waals surface area contributed by atoms with E-state index in [-0.39, 0.29) is 10.6 Å². The van der Waals surface area contributed by atoms with E-state index in [0.29, 0.717) is 0 Å². The summed E-state index contributed by atoms with van der Waals surface area (Å²) in [7, 11) is 1.89. The highest BCUT2D eigenvalue weighted by Gasteiger charge is 2.07. The summed E-state index contributed by atoms with van der Waals surface area (Å²) in [6.07, 6.45) is 2.73. The minimum absolute atomic E-state index is 0.118. The van der Waals surface area contributed by atoms with Crippen molar-refractivity contribution in [2.45, 2.75) is 13.3 Å². The van der Waals surface area contributed by atoms with E-state index in [1.807, 2.05) is 26.2 Å². The van der Waals surface area contributed by atoms with E-state index in [4.69, 9.17) is 0 Å². The van der Waals surface area contributed by atoms with Crippen LogP contribution in [0.4, 0.5) is 11.4 Å². The van der Waals surface area contributed by atoms with Gasteiger partial charge >= 0.3 is 0 Å². The van der Waals surface area contributed by atoms with E-state index in [2.05, 4.69) is 10.4 Å². The number of benzene rings is 1. The minimum Gasteiger partial charge on any atom is -0.384 e. The lowest BCUT2D eigenvalue weighted by Crippen LogP contribution is -2.07. The predicted octanol–water partition coefficient (Wildman–Crippen LogP) is 2.29. The maximum Gasteiger partial charge on any atom is 0.269 e. The number of aromatic nitrogens is 2. The van der Waals surface area contributed by atoms with Crippen LogP contribution in [0.5, 0.6) is 0 Å². The molecule has 2 aromatic rings. The molecule has 0 bridgehead atoms. The lowest BCUT2D eigenvalue weighted by atomic mass is 10.1. The molecule has 19 heavy (non-hydrogen) atoms. The molecule has 100 valence electrons. The van der Waals surface area contributed by atoms with Crippen LogP contribution in [-0.2, 0) is 13.5 Å². The molecule has 0 saturated carbocycles. The van der Waals surface area contributed by atoms with E-state index < -0.39 is 0 Å². The molecule has 6 heteroatoms. The van der Waals surface area contributed by atoms with Crippen molar-refractivity contribution in [2.75, 3.05) is 11.9 Å².